The van der Waals surface area contributed by atoms with E-state index in [1.807, 2.05) is 13.0 Å². The third-order valence-electron chi connectivity index (χ3n) is 1.91. The fourth-order valence-electron chi connectivity index (χ4n) is 1.24. The molecule has 1 aromatic heterocycles. The highest BCUT2D eigenvalue weighted by atomic mass is 79.9. The topological polar surface area (TPSA) is 58.0 Å². The molecule has 0 radical (unpaired) electrons. The largest absolute Gasteiger partial charge is 0.393 e. The molecule has 4 nitrogen and oxygen atoms in total. The summed E-state index contributed by atoms with van der Waals surface area (Å²) >= 11 is 3.31. The maximum atomic E-state index is 9.08. The Morgan fingerprint density at radius 3 is 2.87 bits per heavy atom. The van der Waals surface area contributed by atoms with Gasteiger partial charge in [0.15, 0.2) is 0 Å². The lowest BCUT2D eigenvalue weighted by molar-refractivity contribution is 0.183. The van der Waals surface area contributed by atoms with Crippen LogP contribution in [-0.2, 0) is 0 Å². The van der Waals surface area contributed by atoms with E-state index in [2.05, 4.69) is 31.2 Å². The minimum atomic E-state index is -0.231. The van der Waals surface area contributed by atoms with Crippen molar-refractivity contribution in [3.05, 3.63) is 16.5 Å². The minimum absolute atomic E-state index is 0.231. The molecule has 0 spiro atoms. The Kier molecular flexibility index (Phi) is 4.98. The van der Waals surface area contributed by atoms with Crippen molar-refractivity contribution in [2.45, 2.75) is 32.8 Å². The maximum Gasteiger partial charge on any atom is 0.130 e. The Hall–Kier alpha value is -0.680. The fraction of sp³-hybridized carbons (Fsp3) is 0.600. The first kappa shape index (κ1) is 12.4. The molecule has 0 saturated carbocycles. The zero-order valence-corrected chi connectivity index (χ0v) is 10.6. The molecule has 5 heteroatoms. The van der Waals surface area contributed by atoms with Crippen molar-refractivity contribution < 1.29 is 5.11 Å². The Bertz CT molecular complexity index is 297. The molecule has 1 heterocycles. The number of nitrogens with zero attached hydrogens (tertiary/aromatic N) is 2. The SMILES string of the molecule is Cc1nc(Br)cc(NCCCC(C)O)n1. The number of rotatable bonds is 5. The van der Waals surface area contributed by atoms with E-state index in [4.69, 9.17) is 5.11 Å². The molecule has 0 bridgehead atoms. The first-order valence-corrected chi connectivity index (χ1v) is 5.80. The highest BCUT2D eigenvalue weighted by Crippen LogP contribution is 2.11. The molecule has 0 aliphatic carbocycles. The van der Waals surface area contributed by atoms with Gasteiger partial charge in [-0.3, -0.25) is 0 Å². The summed E-state index contributed by atoms with van der Waals surface area (Å²) in [5.41, 5.74) is 0. The summed E-state index contributed by atoms with van der Waals surface area (Å²) in [6.07, 6.45) is 1.50. The van der Waals surface area contributed by atoms with Gasteiger partial charge in [0, 0.05) is 12.6 Å². The normalized spacial score (nSPS) is 12.5. The average molecular weight is 274 g/mol. The Labute approximate surface area is 98.3 Å². The van der Waals surface area contributed by atoms with E-state index in [1.54, 1.807) is 6.92 Å². The van der Waals surface area contributed by atoms with Crippen molar-refractivity contribution in [2.24, 2.45) is 0 Å². The molecule has 15 heavy (non-hydrogen) atoms. The zero-order chi connectivity index (χ0) is 11.3. The molecule has 2 N–H and O–H groups in total. The van der Waals surface area contributed by atoms with Crippen LogP contribution in [0.4, 0.5) is 5.82 Å². The van der Waals surface area contributed by atoms with Crippen LogP contribution in [0, 0.1) is 6.92 Å². The van der Waals surface area contributed by atoms with E-state index in [0.717, 1.165) is 35.6 Å². The summed E-state index contributed by atoms with van der Waals surface area (Å²) in [7, 11) is 0. The third kappa shape index (κ3) is 5.09. The van der Waals surface area contributed by atoms with Gasteiger partial charge in [-0.2, -0.15) is 0 Å². The van der Waals surface area contributed by atoms with Crippen LogP contribution >= 0.6 is 15.9 Å². The molecular weight excluding hydrogens is 258 g/mol. The number of hydrogen-bond donors (Lipinski definition) is 2. The second-order valence-corrected chi connectivity index (χ2v) is 4.35. The number of halogens is 1. The van der Waals surface area contributed by atoms with E-state index in [1.165, 1.54) is 0 Å². The monoisotopic (exact) mass is 273 g/mol. The van der Waals surface area contributed by atoms with Crippen LogP contribution in [0.15, 0.2) is 10.7 Å². The average Bonchev–Trinajstić information content (AvgIpc) is 2.10. The number of aliphatic hydroxyl groups excluding tert-OH is 1. The summed E-state index contributed by atoms with van der Waals surface area (Å²) in [5, 5.41) is 12.3. The van der Waals surface area contributed by atoms with Gasteiger partial charge in [-0.15, -0.1) is 0 Å². The van der Waals surface area contributed by atoms with Crippen LogP contribution in [0.1, 0.15) is 25.6 Å². The van der Waals surface area contributed by atoms with Crippen molar-refractivity contribution in [2.75, 3.05) is 11.9 Å². The molecule has 0 fully saturated rings. The summed E-state index contributed by atoms with van der Waals surface area (Å²) in [4.78, 5) is 8.35. The number of aryl methyl sites for hydroxylation is 1. The lowest BCUT2D eigenvalue weighted by atomic mass is 10.2. The molecule has 1 unspecified atom stereocenters. The first-order valence-electron chi connectivity index (χ1n) is 5.01. The van der Waals surface area contributed by atoms with Crippen LogP contribution < -0.4 is 5.32 Å². The van der Waals surface area contributed by atoms with Crippen LogP contribution in [0.3, 0.4) is 0 Å². The van der Waals surface area contributed by atoms with Gasteiger partial charge in [0.25, 0.3) is 0 Å². The van der Waals surface area contributed by atoms with E-state index in [9.17, 15) is 0 Å². The van der Waals surface area contributed by atoms with Crippen LogP contribution in [0.2, 0.25) is 0 Å². The fourth-order valence-corrected chi connectivity index (χ4v) is 1.71. The van der Waals surface area contributed by atoms with Gasteiger partial charge in [0.1, 0.15) is 16.2 Å². The smallest absolute Gasteiger partial charge is 0.130 e. The standard InChI is InChI=1S/C10H16BrN3O/c1-7(15)4-3-5-12-10-6-9(11)13-8(2)14-10/h6-7,15H,3-5H2,1-2H3,(H,12,13,14). The van der Waals surface area contributed by atoms with E-state index >= 15 is 0 Å². The van der Waals surface area contributed by atoms with Crippen molar-refractivity contribution in [1.82, 2.24) is 9.97 Å². The van der Waals surface area contributed by atoms with Gasteiger partial charge in [0.05, 0.1) is 6.10 Å². The summed E-state index contributed by atoms with van der Waals surface area (Å²) < 4.78 is 0.785. The summed E-state index contributed by atoms with van der Waals surface area (Å²) in [6.45, 7) is 4.46. The molecule has 0 aliphatic heterocycles. The minimum Gasteiger partial charge on any atom is -0.393 e. The summed E-state index contributed by atoms with van der Waals surface area (Å²) in [5.74, 6) is 1.56. The molecule has 0 amide bonds. The predicted molar refractivity (Wildman–Crippen MR) is 63.9 cm³/mol. The molecule has 0 aromatic carbocycles. The van der Waals surface area contributed by atoms with Crippen molar-refractivity contribution >= 4 is 21.7 Å². The van der Waals surface area contributed by atoms with Crippen LogP contribution in [-0.4, -0.2) is 27.7 Å². The Balaban J connectivity index is 2.37. The molecule has 84 valence electrons. The highest BCUT2D eigenvalue weighted by molar-refractivity contribution is 9.10. The lowest BCUT2D eigenvalue weighted by Gasteiger charge is -2.07. The molecule has 1 rings (SSSR count). The number of aromatic nitrogens is 2. The van der Waals surface area contributed by atoms with Gasteiger partial charge in [-0.1, -0.05) is 0 Å². The highest BCUT2D eigenvalue weighted by Gasteiger charge is 1.99. The van der Waals surface area contributed by atoms with Gasteiger partial charge in [0.2, 0.25) is 0 Å². The Morgan fingerprint density at radius 1 is 1.53 bits per heavy atom. The van der Waals surface area contributed by atoms with E-state index in [0.29, 0.717) is 0 Å². The third-order valence-corrected chi connectivity index (χ3v) is 2.32. The number of hydrogen-bond acceptors (Lipinski definition) is 4. The van der Waals surface area contributed by atoms with Gasteiger partial charge >= 0.3 is 0 Å². The van der Waals surface area contributed by atoms with Crippen LogP contribution in [0.5, 0.6) is 0 Å². The summed E-state index contributed by atoms with van der Waals surface area (Å²) in [6, 6.07) is 1.84. The van der Waals surface area contributed by atoms with Crippen molar-refractivity contribution in [3.63, 3.8) is 0 Å². The molecule has 0 saturated heterocycles. The number of aliphatic hydroxyl groups is 1. The maximum absolute atomic E-state index is 9.08. The van der Waals surface area contributed by atoms with Crippen molar-refractivity contribution in [3.8, 4) is 0 Å². The number of nitrogens with one attached hydrogen (secondary N) is 1. The lowest BCUT2D eigenvalue weighted by Crippen LogP contribution is -2.08. The molecule has 1 atom stereocenters. The Morgan fingerprint density at radius 2 is 2.27 bits per heavy atom. The second-order valence-electron chi connectivity index (χ2n) is 3.54. The molecule has 0 aliphatic rings. The number of anilines is 1. The van der Waals surface area contributed by atoms with Crippen LogP contribution in [0.25, 0.3) is 0 Å². The van der Waals surface area contributed by atoms with E-state index in [-0.39, 0.29) is 6.10 Å². The van der Waals surface area contributed by atoms with Gasteiger partial charge in [-0.25, -0.2) is 9.97 Å². The predicted octanol–water partition coefficient (Wildman–Crippen LogP) is 2.12. The first-order chi connectivity index (χ1) is 7.08. The van der Waals surface area contributed by atoms with Gasteiger partial charge < -0.3 is 10.4 Å². The van der Waals surface area contributed by atoms with Crippen molar-refractivity contribution in [1.29, 1.82) is 0 Å². The van der Waals surface area contributed by atoms with E-state index < -0.39 is 0 Å². The molecule has 1 aromatic rings. The molecular formula is C10H16BrN3O. The second kappa shape index (κ2) is 6.02. The zero-order valence-electron chi connectivity index (χ0n) is 9.00. The van der Waals surface area contributed by atoms with Gasteiger partial charge in [-0.05, 0) is 42.6 Å². The quantitative estimate of drug-likeness (QED) is 0.638.